The number of aryl methyl sites for hydroxylation is 1. The van der Waals surface area contributed by atoms with Gasteiger partial charge < -0.3 is 25.3 Å². The van der Waals surface area contributed by atoms with Gasteiger partial charge in [-0.05, 0) is 27.2 Å². The molecule has 10 heteroatoms. The Balaban J connectivity index is 0.00000729. The van der Waals surface area contributed by atoms with Crippen LogP contribution in [0.4, 0.5) is 4.79 Å². The van der Waals surface area contributed by atoms with Crippen LogP contribution >= 0.6 is 24.0 Å². The van der Waals surface area contributed by atoms with E-state index in [0.29, 0.717) is 19.0 Å². The van der Waals surface area contributed by atoms with Gasteiger partial charge in [0.15, 0.2) is 5.96 Å². The number of aliphatic imine (C=N–C) groups is 1. The molecule has 1 aromatic heterocycles. The third-order valence-electron chi connectivity index (χ3n) is 3.75. The molecule has 1 atom stereocenters. The minimum atomic E-state index is -0.509. The van der Waals surface area contributed by atoms with Crippen molar-refractivity contribution >= 4 is 36.0 Å². The molecule has 1 heterocycles. The maximum atomic E-state index is 12.0. The highest BCUT2D eigenvalue weighted by Crippen LogP contribution is 2.07. The molecule has 28 heavy (non-hydrogen) atoms. The number of halogens is 1. The van der Waals surface area contributed by atoms with E-state index in [0.717, 1.165) is 31.6 Å². The summed E-state index contributed by atoms with van der Waals surface area (Å²) in [6.45, 7) is 11.7. The highest BCUT2D eigenvalue weighted by molar-refractivity contribution is 14.0. The molecular weight excluding hydrogens is 473 g/mol. The Morgan fingerprint density at radius 2 is 2.04 bits per heavy atom. The molecule has 162 valence electrons. The number of alkyl carbamates (subject to hydrolysis) is 1. The van der Waals surface area contributed by atoms with Crippen molar-refractivity contribution in [3.8, 4) is 0 Å². The standard InChI is InChI=1S/C18H35N7O2.HI/c1-7-9-14(23-17(26)27-18(3,4)5)12-21-16(19-6)20-10-11-25-13-22-24-15(25)8-2;/h13-14H,7-12H2,1-6H3,(H,23,26)(H2,19,20,21);1H. The fourth-order valence-corrected chi connectivity index (χ4v) is 2.52. The van der Waals surface area contributed by atoms with Gasteiger partial charge in [0.2, 0.25) is 0 Å². The molecule has 9 nitrogen and oxygen atoms in total. The third-order valence-corrected chi connectivity index (χ3v) is 3.75. The molecule has 3 N–H and O–H groups in total. The molecule has 0 radical (unpaired) electrons. The Morgan fingerprint density at radius 3 is 2.61 bits per heavy atom. The van der Waals surface area contributed by atoms with E-state index in [4.69, 9.17) is 4.74 Å². The van der Waals surface area contributed by atoms with Crippen molar-refractivity contribution in [1.82, 2.24) is 30.7 Å². The number of nitrogens with one attached hydrogen (secondary N) is 3. The lowest BCUT2D eigenvalue weighted by molar-refractivity contribution is 0.0502. The zero-order valence-electron chi connectivity index (χ0n) is 17.9. The van der Waals surface area contributed by atoms with E-state index >= 15 is 0 Å². The minimum Gasteiger partial charge on any atom is -0.444 e. The second-order valence-corrected chi connectivity index (χ2v) is 7.31. The van der Waals surface area contributed by atoms with E-state index in [-0.39, 0.29) is 30.0 Å². The molecule has 0 aliphatic heterocycles. The first-order valence-electron chi connectivity index (χ1n) is 9.59. The molecule has 0 spiro atoms. The molecule has 1 unspecified atom stereocenters. The van der Waals surface area contributed by atoms with Crippen molar-refractivity contribution in [3.05, 3.63) is 12.2 Å². The molecule has 0 fully saturated rings. The lowest BCUT2D eigenvalue weighted by atomic mass is 10.1. The summed E-state index contributed by atoms with van der Waals surface area (Å²) in [5.41, 5.74) is -0.509. The number of ether oxygens (including phenoxy) is 1. The first kappa shape index (κ1) is 26.4. The van der Waals surface area contributed by atoms with Crippen LogP contribution in [0.15, 0.2) is 11.3 Å². The van der Waals surface area contributed by atoms with Crippen molar-refractivity contribution in [3.63, 3.8) is 0 Å². The molecule has 0 aliphatic carbocycles. The second kappa shape index (κ2) is 13.6. The van der Waals surface area contributed by atoms with Crippen LogP contribution in [0.3, 0.4) is 0 Å². The van der Waals surface area contributed by atoms with Gasteiger partial charge in [0, 0.05) is 39.1 Å². The Bertz CT molecular complexity index is 599. The molecule has 1 rings (SSSR count). The van der Waals surface area contributed by atoms with Gasteiger partial charge >= 0.3 is 6.09 Å². The van der Waals surface area contributed by atoms with E-state index in [9.17, 15) is 4.79 Å². The SMILES string of the molecule is CCCC(CNC(=NC)NCCn1cnnc1CC)NC(=O)OC(C)(C)C.I. The predicted octanol–water partition coefficient (Wildman–Crippen LogP) is 2.32. The molecule has 0 aromatic carbocycles. The van der Waals surface area contributed by atoms with Crippen molar-refractivity contribution in [2.45, 2.75) is 72.1 Å². The van der Waals surface area contributed by atoms with Crippen LogP contribution in [0, 0.1) is 0 Å². The zero-order valence-corrected chi connectivity index (χ0v) is 20.2. The van der Waals surface area contributed by atoms with Crippen LogP contribution in [-0.4, -0.2) is 58.6 Å². The summed E-state index contributed by atoms with van der Waals surface area (Å²) in [5.74, 6) is 1.65. The average Bonchev–Trinajstić information content (AvgIpc) is 3.03. The molecule has 1 aromatic rings. The fourth-order valence-electron chi connectivity index (χ4n) is 2.52. The summed E-state index contributed by atoms with van der Waals surface area (Å²) >= 11 is 0. The molecule has 0 aliphatic rings. The Labute approximate surface area is 185 Å². The number of aromatic nitrogens is 3. The van der Waals surface area contributed by atoms with Crippen LogP contribution < -0.4 is 16.0 Å². The highest BCUT2D eigenvalue weighted by atomic mass is 127. The number of hydrogen-bond donors (Lipinski definition) is 3. The third kappa shape index (κ3) is 10.7. The monoisotopic (exact) mass is 509 g/mol. The Kier molecular flexibility index (Phi) is 12.8. The first-order valence-corrected chi connectivity index (χ1v) is 9.59. The summed E-state index contributed by atoms with van der Waals surface area (Å²) in [6, 6.07) is -0.0343. The normalized spacial score (nSPS) is 12.7. The molecule has 0 saturated carbocycles. The molecule has 1 amide bonds. The van der Waals surface area contributed by atoms with Crippen molar-refractivity contribution in [2.75, 3.05) is 20.1 Å². The van der Waals surface area contributed by atoms with Crippen molar-refractivity contribution in [1.29, 1.82) is 0 Å². The number of nitrogens with zero attached hydrogens (tertiary/aromatic N) is 4. The maximum absolute atomic E-state index is 12.0. The lowest BCUT2D eigenvalue weighted by Gasteiger charge is -2.24. The van der Waals surface area contributed by atoms with Crippen LogP contribution in [0.25, 0.3) is 0 Å². The van der Waals surface area contributed by atoms with Gasteiger partial charge in [0.05, 0.1) is 0 Å². The Morgan fingerprint density at radius 1 is 1.32 bits per heavy atom. The summed E-state index contributed by atoms with van der Waals surface area (Å²) in [7, 11) is 1.72. The molecule has 0 saturated heterocycles. The second-order valence-electron chi connectivity index (χ2n) is 7.31. The van der Waals surface area contributed by atoms with Gasteiger partial charge in [-0.15, -0.1) is 34.2 Å². The first-order chi connectivity index (χ1) is 12.8. The number of carbonyl (C=O) groups excluding carboxylic acids is 1. The minimum absolute atomic E-state index is 0. The number of rotatable bonds is 9. The van der Waals surface area contributed by atoms with E-state index in [1.807, 2.05) is 25.3 Å². The van der Waals surface area contributed by atoms with Crippen molar-refractivity contribution in [2.24, 2.45) is 4.99 Å². The van der Waals surface area contributed by atoms with Crippen molar-refractivity contribution < 1.29 is 9.53 Å². The summed E-state index contributed by atoms with van der Waals surface area (Å²) < 4.78 is 7.36. The average molecular weight is 509 g/mol. The quantitative estimate of drug-likeness (QED) is 0.268. The van der Waals surface area contributed by atoms with E-state index in [2.05, 4.69) is 45.0 Å². The van der Waals surface area contributed by atoms with Crippen LogP contribution in [-0.2, 0) is 17.7 Å². The zero-order chi connectivity index (χ0) is 20.3. The lowest BCUT2D eigenvalue weighted by Crippen LogP contribution is -2.48. The maximum Gasteiger partial charge on any atom is 0.407 e. The van der Waals surface area contributed by atoms with Gasteiger partial charge in [-0.25, -0.2) is 4.79 Å². The van der Waals surface area contributed by atoms with E-state index < -0.39 is 11.7 Å². The van der Waals surface area contributed by atoms with Crippen LogP contribution in [0.5, 0.6) is 0 Å². The number of carbonyl (C=O) groups is 1. The Hall–Kier alpha value is -1.59. The fraction of sp³-hybridized carbons (Fsp3) is 0.778. The van der Waals surface area contributed by atoms with Gasteiger partial charge in [-0.3, -0.25) is 4.99 Å². The number of amides is 1. The van der Waals surface area contributed by atoms with Gasteiger partial charge in [-0.2, -0.15) is 0 Å². The van der Waals surface area contributed by atoms with Gasteiger partial charge in [-0.1, -0.05) is 20.3 Å². The number of hydrogen-bond acceptors (Lipinski definition) is 5. The number of guanidine groups is 1. The largest absolute Gasteiger partial charge is 0.444 e. The topological polar surface area (TPSA) is 105 Å². The summed E-state index contributed by atoms with van der Waals surface area (Å²) in [5, 5.41) is 17.4. The summed E-state index contributed by atoms with van der Waals surface area (Å²) in [4.78, 5) is 16.2. The molecule has 0 bridgehead atoms. The molecular formula is C18H36IN7O2. The van der Waals surface area contributed by atoms with Gasteiger partial charge in [0.1, 0.15) is 17.8 Å². The van der Waals surface area contributed by atoms with E-state index in [1.54, 1.807) is 13.4 Å². The summed E-state index contributed by atoms with van der Waals surface area (Å²) in [6.07, 6.45) is 4.00. The smallest absolute Gasteiger partial charge is 0.407 e. The van der Waals surface area contributed by atoms with Crippen LogP contribution in [0.1, 0.15) is 53.3 Å². The van der Waals surface area contributed by atoms with E-state index in [1.165, 1.54) is 0 Å². The predicted molar refractivity (Wildman–Crippen MR) is 122 cm³/mol. The highest BCUT2D eigenvalue weighted by Gasteiger charge is 2.19. The van der Waals surface area contributed by atoms with Gasteiger partial charge in [0.25, 0.3) is 0 Å². The van der Waals surface area contributed by atoms with Crippen LogP contribution in [0.2, 0.25) is 0 Å².